The van der Waals surface area contributed by atoms with Crippen molar-refractivity contribution in [2.75, 3.05) is 4.90 Å². The van der Waals surface area contributed by atoms with Crippen molar-refractivity contribution in [1.82, 2.24) is 9.78 Å². The summed E-state index contributed by atoms with van der Waals surface area (Å²) in [6, 6.07) is 13.2. The molecule has 5 rings (SSSR count). The zero-order valence-corrected chi connectivity index (χ0v) is 14.8. The number of carbonyl (C=O) groups is 2. The molecule has 0 spiro atoms. The number of aromatic nitrogens is 2. The van der Waals surface area contributed by atoms with Gasteiger partial charge in [-0.1, -0.05) is 41.6 Å². The van der Waals surface area contributed by atoms with E-state index >= 15 is 0 Å². The molecular weight excluding hydrogens is 344 g/mol. The Morgan fingerprint density at radius 2 is 1.81 bits per heavy atom. The number of hydrogen-bond donors (Lipinski definition) is 0. The van der Waals surface area contributed by atoms with Crippen LogP contribution in [0.15, 0.2) is 53.8 Å². The standard InChI is InChI=1S/C20H16N4O3/c1-11-14(10-23(2)21-11)17-16-18(27-22-17)20(26)24(19(16)25)15-9-5-7-12-6-3-4-8-13(12)15/h3-10,16,18H,1-2H3. The molecule has 1 saturated heterocycles. The molecule has 2 aliphatic rings. The molecule has 0 N–H and O–H groups in total. The van der Waals surface area contributed by atoms with Gasteiger partial charge in [0.1, 0.15) is 11.6 Å². The van der Waals surface area contributed by atoms with Crippen LogP contribution in [0.1, 0.15) is 11.3 Å². The molecule has 1 aromatic heterocycles. The molecule has 2 unspecified atom stereocenters. The molecule has 0 bridgehead atoms. The molecule has 27 heavy (non-hydrogen) atoms. The average Bonchev–Trinajstić information content (AvgIpc) is 3.30. The highest BCUT2D eigenvalue weighted by molar-refractivity contribution is 6.34. The summed E-state index contributed by atoms with van der Waals surface area (Å²) in [6.45, 7) is 1.84. The number of hydrogen-bond acceptors (Lipinski definition) is 5. The number of imide groups is 1. The van der Waals surface area contributed by atoms with E-state index < -0.39 is 12.0 Å². The number of rotatable bonds is 2. The van der Waals surface area contributed by atoms with Gasteiger partial charge in [0.2, 0.25) is 12.0 Å². The van der Waals surface area contributed by atoms with Crippen LogP contribution in [0.5, 0.6) is 0 Å². The van der Waals surface area contributed by atoms with E-state index in [9.17, 15) is 9.59 Å². The topological polar surface area (TPSA) is 76.8 Å². The Hall–Kier alpha value is -3.48. The Kier molecular flexibility index (Phi) is 3.21. The first-order valence-corrected chi connectivity index (χ1v) is 8.66. The quantitative estimate of drug-likeness (QED) is 0.657. The van der Waals surface area contributed by atoms with Gasteiger partial charge in [-0.05, 0) is 18.4 Å². The first-order valence-electron chi connectivity index (χ1n) is 8.66. The predicted octanol–water partition coefficient (Wildman–Crippen LogP) is 2.17. The maximum atomic E-state index is 13.3. The van der Waals surface area contributed by atoms with Gasteiger partial charge in [-0.25, -0.2) is 4.90 Å². The zero-order chi connectivity index (χ0) is 18.7. The van der Waals surface area contributed by atoms with Crippen molar-refractivity contribution < 1.29 is 14.4 Å². The van der Waals surface area contributed by atoms with E-state index in [1.807, 2.05) is 43.3 Å². The molecule has 2 amide bonds. The summed E-state index contributed by atoms with van der Waals surface area (Å²) in [4.78, 5) is 32.9. The normalized spacial score (nSPS) is 21.6. The Morgan fingerprint density at radius 3 is 2.59 bits per heavy atom. The molecular formula is C20H16N4O3. The summed E-state index contributed by atoms with van der Waals surface area (Å²) in [5.74, 6) is -1.46. The van der Waals surface area contributed by atoms with Crippen molar-refractivity contribution >= 4 is 34.0 Å². The lowest BCUT2D eigenvalue weighted by atomic mass is 9.94. The Labute approximate surface area is 154 Å². The molecule has 0 aliphatic carbocycles. The number of aryl methyl sites for hydroxylation is 2. The van der Waals surface area contributed by atoms with Gasteiger partial charge >= 0.3 is 0 Å². The third kappa shape index (κ3) is 2.14. The minimum Gasteiger partial charge on any atom is -0.381 e. The van der Waals surface area contributed by atoms with Crippen LogP contribution in [0.2, 0.25) is 0 Å². The predicted molar refractivity (Wildman–Crippen MR) is 99.3 cm³/mol. The molecule has 2 atom stereocenters. The second-order valence-corrected chi connectivity index (χ2v) is 6.79. The highest BCUT2D eigenvalue weighted by atomic mass is 16.6. The summed E-state index contributed by atoms with van der Waals surface area (Å²) in [5, 5.41) is 10.2. The Bertz CT molecular complexity index is 1140. The first-order chi connectivity index (χ1) is 13.1. The number of benzene rings is 2. The van der Waals surface area contributed by atoms with Gasteiger partial charge in [-0.3, -0.25) is 14.3 Å². The highest BCUT2D eigenvalue weighted by Crippen LogP contribution is 2.38. The largest absolute Gasteiger partial charge is 0.381 e. The van der Waals surface area contributed by atoms with E-state index in [4.69, 9.17) is 4.84 Å². The van der Waals surface area contributed by atoms with E-state index in [2.05, 4.69) is 10.3 Å². The molecule has 3 aromatic rings. The lowest BCUT2D eigenvalue weighted by molar-refractivity contribution is -0.126. The van der Waals surface area contributed by atoms with Gasteiger partial charge in [0.15, 0.2) is 0 Å². The maximum Gasteiger partial charge on any atom is 0.278 e. The lowest BCUT2D eigenvalue weighted by Gasteiger charge is -2.17. The second kappa shape index (κ2) is 5.51. The number of amides is 2. The number of anilines is 1. The minimum absolute atomic E-state index is 0.319. The monoisotopic (exact) mass is 360 g/mol. The number of carbonyl (C=O) groups excluding carboxylic acids is 2. The van der Waals surface area contributed by atoms with Crippen LogP contribution in [-0.2, 0) is 21.5 Å². The van der Waals surface area contributed by atoms with Crippen LogP contribution >= 0.6 is 0 Å². The number of nitrogens with zero attached hydrogens (tertiary/aromatic N) is 4. The van der Waals surface area contributed by atoms with E-state index in [1.54, 1.807) is 24.0 Å². The summed E-state index contributed by atoms with van der Waals surface area (Å²) in [6.07, 6.45) is 0.865. The summed E-state index contributed by atoms with van der Waals surface area (Å²) in [5.41, 5.74) is 2.50. The van der Waals surface area contributed by atoms with Crippen LogP contribution in [-0.4, -0.2) is 33.4 Å². The maximum absolute atomic E-state index is 13.3. The fourth-order valence-electron chi connectivity index (χ4n) is 3.89. The zero-order valence-electron chi connectivity index (χ0n) is 14.8. The lowest BCUT2D eigenvalue weighted by Crippen LogP contribution is -2.33. The van der Waals surface area contributed by atoms with E-state index in [0.717, 1.165) is 22.0 Å². The van der Waals surface area contributed by atoms with Crippen molar-refractivity contribution in [2.24, 2.45) is 18.1 Å². The number of oxime groups is 1. The first kappa shape index (κ1) is 15.7. The minimum atomic E-state index is -0.925. The SMILES string of the molecule is Cc1nn(C)cc1C1=NOC2C(=O)N(c3cccc4ccccc34)C(=O)C12. The average molecular weight is 360 g/mol. The molecule has 0 radical (unpaired) electrons. The van der Waals surface area contributed by atoms with Crippen molar-refractivity contribution in [3.63, 3.8) is 0 Å². The van der Waals surface area contributed by atoms with Crippen LogP contribution in [0.25, 0.3) is 10.8 Å². The van der Waals surface area contributed by atoms with Crippen molar-refractivity contribution in [3.05, 3.63) is 59.9 Å². The van der Waals surface area contributed by atoms with Gasteiger partial charge in [0.05, 0.1) is 11.4 Å². The molecule has 2 aromatic carbocycles. The Balaban J connectivity index is 1.60. The molecule has 1 fully saturated rings. The van der Waals surface area contributed by atoms with Gasteiger partial charge in [0.25, 0.3) is 5.91 Å². The van der Waals surface area contributed by atoms with Gasteiger partial charge < -0.3 is 4.84 Å². The smallest absolute Gasteiger partial charge is 0.278 e. The van der Waals surface area contributed by atoms with Gasteiger partial charge in [0, 0.05) is 24.2 Å². The summed E-state index contributed by atoms with van der Waals surface area (Å²) >= 11 is 0. The van der Waals surface area contributed by atoms with Crippen molar-refractivity contribution in [2.45, 2.75) is 13.0 Å². The van der Waals surface area contributed by atoms with Crippen molar-refractivity contribution in [3.8, 4) is 0 Å². The van der Waals surface area contributed by atoms with Gasteiger partial charge in [-0.2, -0.15) is 5.10 Å². The Morgan fingerprint density at radius 1 is 1.04 bits per heavy atom. The molecule has 134 valence electrons. The van der Waals surface area contributed by atoms with E-state index in [0.29, 0.717) is 11.4 Å². The molecule has 7 nitrogen and oxygen atoms in total. The fraction of sp³-hybridized carbons (Fsp3) is 0.200. The van der Waals surface area contributed by atoms with Crippen LogP contribution < -0.4 is 4.90 Å². The fourth-order valence-corrected chi connectivity index (χ4v) is 3.89. The van der Waals surface area contributed by atoms with Crippen LogP contribution in [0.4, 0.5) is 5.69 Å². The highest BCUT2D eigenvalue weighted by Gasteiger charge is 2.56. The van der Waals surface area contributed by atoms with Crippen LogP contribution in [0.3, 0.4) is 0 Å². The second-order valence-electron chi connectivity index (χ2n) is 6.79. The third-order valence-electron chi connectivity index (χ3n) is 5.11. The number of fused-ring (bicyclic) bond motifs is 2. The van der Waals surface area contributed by atoms with Gasteiger partial charge in [-0.15, -0.1) is 0 Å². The van der Waals surface area contributed by atoms with Crippen LogP contribution in [0, 0.1) is 12.8 Å². The third-order valence-corrected chi connectivity index (χ3v) is 5.11. The van der Waals surface area contributed by atoms with E-state index in [1.165, 1.54) is 4.90 Å². The summed E-state index contributed by atoms with van der Waals surface area (Å²) in [7, 11) is 1.80. The molecule has 7 heteroatoms. The van der Waals surface area contributed by atoms with E-state index in [-0.39, 0.29) is 11.8 Å². The molecule has 2 aliphatic heterocycles. The molecule has 3 heterocycles. The molecule has 0 saturated carbocycles. The summed E-state index contributed by atoms with van der Waals surface area (Å²) < 4.78 is 1.66. The van der Waals surface area contributed by atoms with Crippen molar-refractivity contribution in [1.29, 1.82) is 0 Å².